The van der Waals surface area contributed by atoms with Gasteiger partial charge in [-0.3, -0.25) is 4.79 Å². The lowest BCUT2D eigenvalue weighted by molar-refractivity contribution is -0.135. The predicted octanol–water partition coefficient (Wildman–Crippen LogP) is 4.74. The third-order valence-corrected chi connectivity index (χ3v) is 5.26. The fourth-order valence-electron chi connectivity index (χ4n) is 2.78. The molecular weight excluding hydrogens is 374 g/mol. The molecule has 132 valence electrons. The minimum Gasteiger partial charge on any atom is -0.486 e. The highest BCUT2D eigenvalue weighted by Crippen LogP contribution is 2.39. The van der Waals surface area contributed by atoms with E-state index in [0.29, 0.717) is 40.3 Å². The summed E-state index contributed by atoms with van der Waals surface area (Å²) in [5.41, 5.74) is 2.21. The number of thiazole rings is 1. The van der Waals surface area contributed by atoms with Crippen LogP contribution in [0.25, 0.3) is 21.9 Å². The lowest BCUT2D eigenvalue weighted by atomic mass is 10.1. The molecule has 0 bridgehead atoms. The van der Waals surface area contributed by atoms with Gasteiger partial charge in [-0.1, -0.05) is 23.7 Å². The number of hydrogen-bond acceptors (Lipinski definition) is 5. The first-order valence-corrected chi connectivity index (χ1v) is 9.17. The first-order valence-electron chi connectivity index (χ1n) is 7.97. The summed E-state index contributed by atoms with van der Waals surface area (Å²) >= 11 is 7.75. The number of carbonyl (C=O) groups is 1. The number of aliphatic carboxylic acids is 1. The van der Waals surface area contributed by atoms with Crippen molar-refractivity contribution < 1.29 is 19.4 Å². The van der Waals surface area contributed by atoms with Gasteiger partial charge in [-0.15, -0.1) is 11.3 Å². The Kier molecular flexibility index (Phi) is 4.53. The molecule has 1 aliphatic rings. The number of ether oxygens (including phenoxy) is 2. The molecule has 0 amide bonds. The van der Waals surface area contributed by atoms with Crippen molar-refractivity contribution in [3.05, 3.63) is 52.0 Å². The summed E-state index contributed by atoms with van der Waals surface area (Å²) in [6, 6.07) is 11.3. The molecule has 0 atom stereocenters. The van der Waals surface area contributed by atoms with Crippen molar-refractivity contribution in [3.8, 4) is 11.5 Å². The zero-order chi connectivity index (χ0) is 18.1. The second kappa shape index (κ2) is 6.97. The van der Waals surface area contributed by atoms with Crippen molar-refractivity contribution in [3.63, 3.8) is 0 Å². The summed E-state index contributed by atoms with van der Waals surface area (Å²) in [6.45, 7) is 0.911. The lowest BCUT2D eigenvalue weighted by Gasteiger charge is -2.19. The van der Waals surface area contributed by atoms with Gasteiger partial charge in [0.05, 0.1) is 21.7 Å². The molecule has 7 heteroatoms. The van der Waals surface area contributed by atoms with Gasteiger partial charge >= 0.3 is 5.97 Å². The van der Waals surface area contributed by atoms with E-state index in [2.05, 4.69) is 4.98 Å². The van der Waals surface area contributed by atoms with Gasteiger partial charge < -0.3 is 14.6 Å². The molecule has 4 rings (SSSR count). The highest BCUT2D eigenvalue weighted by atomic mass is 35.5. The smallest absolute Gasteiger partial charge is 0.307 e. The van der Waals surface area contributed by atoms with Crippen molar-refractivity contribution in [2.24, 2.45) is 0 Å². The number of halogens is 1. The summed E-state index contributed by atoms with van der Waals surface area (Å²) < 4.78 is 12.1. The topological polar surface area (TPSA) is 68.7 Å². The van der Waals surface area contributed by atoms with Crippen LogP contribution in [0.1, 0.15) is 17.0 Å². The first kappa shape index (κ1) is 16.9. The van der Waals surface area contributed by atoms with E-state index in [0.717, 1.165) is 15.8 Å². The number of carboxylic acid groups (broad SMARTS) is 1. The maximum Gasteiger partial charge on any atom is 0.307 e. The predicted molar refractivity (Wildman–Crippen MR) is 102 cm³/mol. The Morgan fingerprint density at radius 3 is 2.88 bits per heavy atom. The van der Waals surface area contributed by atoms with Gasteiger partial charge in [0, 0.05) is 0 Å². The minimum atomic E-state index is -0.917. The molecule has 0 saturated carbocycles. The van der Waals surface area contributed by atoms with Gasteiger partial charge in [-0.25, -0.2) is 4.98 Å². The third-order valence-electron chi connectivity index (χ3n) is 3.87. The van der Waals surface area contributed by atoms with E-state index < -0.39 is 5.97 Å². The zero-order valence-corrected chi connectivity index (χ0v) is 15.1. The number of rotatable bonds is 4. The molecule has 2 aromatic carbocycles. The molecule has 0 spiro atoms. The molecule has 0 aliphatic carbocycles. The van der Waals surface area contributed by atoms with Crippen LogP contribution in [0.5, 0.6) is 11.5 Å². The van der Waals surface area contributed by atoms with Crippen molar-refractivity contribution in [2.45, 2.75) is 6.42 Å². The Balaban J connectivity index is 1.79. The largest absolute Gasteiger partial charge is 0.486 e. The van der Waals surface area contributed by atoms with Gasteiger partial charge in [0.1, 0.15) is 18.2 Å². The average molecular weight is 388 g/mol. The minimum absolute atomic E-state index is 0.133. The maximum atomic E-state index is 11.4. The van der Waals surface area contributed by atoms with Crippen molar-refractivity contribution in [1.82, 2.24) is 4.98 Å². The van der Waals surface area contributed by atoms with Crippen LogP contribution in [0.15, 0.2) is 36.4 Å². The molecule has 0 saturated heterocycles. The fraction of sp³-hybridized carbons (Fsp3) is 0.158. The summed E-state index contributed by atoms with van der Waals surface area (Å²) in [5.74, 6) is 0.169. The Morgan fingerprint density at radius 1 is 1.27 bits per heavy atom. The molecule has 3 aromatic rings. The summed E-state index contributed by atoms with van der Waals surface area (Å²) in [7, 11) is 0. The Labute approximate surface area is 158 Å². The molecule has 2 heterocycles. The van der Waals surface area contributed by atoms with Crippen LogP contribution >= 0.6 is 22.9 Å². The van der Waals surface area contributed by atoms with Crippen LogP contribution in [0.2, 0.25) is 5.02 Å². The van der Waals surface area contributed by atoms with Crippen molar-refractivity contribution in [2.75, 3.05) is 13.2 Å². The highest BCUT2D eigenvalue weighted by molar-refractivity contribution is 7.19. The van der Waals surface area contributed by atoms with Crippen molar-refractivity contribution in [1.29, 1.82) is 0 Å². The number of nitrogens with zero attached hydrogens (tertiary/aromatic N) is 1. The summed E-state index contributed by atoms with van der Waals surface area (Å²) in [6.07, 6.45) is 1.65. The molecule has 0 unspecified atom stereocenters. The van der Waals surface area contributed by atoms with Crippen molar-refractivity contribution >= 4 is 50.8 Å². The monoisotopic (exact) mass is 387 g/mol. The molecule has 26 heavy (non-hydrogen) atoms. The standard InChI is InChI=1S/C19H14ClNO4S/c20-13-8-11(9-15-18(13)25-6-5-24-15)7-12(10-17(22)23)19-21-14-3-1-2-4-16(14)26-19/h1-4,7-9H,5-6,10H2,(H,22,23). The zero-order valence-electron chi connectivity index (χ0n) is 13.6. The highest BCUT2D eigenvalue weighted by Gasteiger charge is 2.18. The number of hydrogen-bond donors (Lipinski definition) is 1. The molecule has 0 radical (unpaired) electrons. The number of fused-ring (bicyclic) bond motifs is 2. The lowest BCUT2D eigenvalue weighted by Crippen LogP contribution is -2.15. The summed E-state index contributed by atoms with van der Waals surface area (Å²) in [4.78, 5) is 15.9. The van der Waals surface area contributed by atoms with E-state index in [-0.39, 0.29) is 6.42 Å². The van der Waals surface area contributed by atoms with Gasteiger partial charge in [0.25, 0.3) is 0 Å². The second-order valence-corrected chi connectivity index (χ2v) is 7.19. The Bertz CT molecular complexity index is 995. The van der Waals surface area contributed by atoms with Gasteiger partial charge in [-0.05, 0) is 41.5 Å². The van der Waals surface area contributed by atoms with Crippen LogP contribution < -0.4 is 9.47 Å². The number of carboxylic acids is 1. The van der Waals surface area contributed by atoms with Crippen LogP contribution in [0, 0.1) is 0 Å². The van der Waals surface area contributed by atoms with E-state index in [1.807, 2.05) is 24.3 Å². The number of benzene rings is 2. The SMILES string of the molecule is O=C(O)CC(=Cc1cc(Cl)c2c(c1)OCCO2)c1nc2ccccc2s1. The Morgan fingerprint density at radius 2 is 2.08 bits per heavy atom. The van der Waals surface area contributed by atoms with Gasteiger partial charge in [-0.2, -0.15) is 0 Å². The third kappa shape index (κ3) is 3.38. The first-order chi connectivity index (χ1) is 12.6. The van der Waals surface area contributed by atoms with Crippen LogP contribution in [-0.2, 0) is 4.79 Å². The molecule has 0 fully saturated rings. The van der Waals surface area contributed by atoms with E-state index in [9.17, 15) is 9.90 Å². The maximum absolute atomic E-state index is 11.4. The molecule has 5 nitrogen and oxygen atoms in total. The average Bonchev–Trinajstić information content (AvgIpc) is 3.05. The number of aromatic nitrogens is 1. The van der Waals surface area contributed by atoms with Crippen LogP contribution in [-0.4, -0.2) is 29.3 Å². The molecular formula is C19H14ClNO4S. The van der Waals surface area contributed by atoms with Gasteiger partial charge in [0.15, 0.2) is 11.5 Å². The normalized spacial score (nSPS) is 13.8. The summed E-state index contributed by atoms with van der Waals surface area (Å²) in [5, 5.41) is 10.4. The van der Waals surface area contributed by atoms with E-state index in [1.165, 1.54) is 11.3 Å². The van der Waals surface area contributed by atoms with E-state index in [1.54, 1.807) is 18.2 Å². The number of para-hydroxylation sites is 1. The Hall–Kier alpha value is -2.57. The second-order valence-electron chi connectivity index (χ2n) is 5.75. The van der Waals surface area contributed by atoms with Gasteiger partial charge in [0.2, 0.25) is 0 Å². The van der Waals surface area contributed by atoms with Crippen LogP contribution in [0.3, 0.4) is 0 Å². The molecule has 1 N–H and O–H groups in total. The molecule has 1 aliphatic heterocycles. The van der Waals surface area contributed by atoms with E-state index in [4.69, 9.17) is 21.1 Å². The quantitative estimate of drug-likeness (QED) is 0.700. The fourth-order valence-corrected chi connectivity index (χ4v) is 4.03. The van der Waals surface area contributed by atoms with E-state index >= 15 is 0 Å². The van der Waals surface area contributed by atoms with Crippen LogP contribution in [0.4, 0.5) is 0 Å². The molecule has 1 aromatic heterocycles.